The smallest absolute Gasteiger partial charge is 0.267 e. The second kappa shape index (κ2) is 11.1. The number of nitrogens with two attached hydrogens (primary N) is 1. The Bertz CT molecular complexity index is 810. The van der Waals surface area contributed by atoms with E-state index in [1.165, 1.54) is 37.2 Å². The summed E-state index contributed by atoms with van der Waals surface area (Å²) in [5, 5.41) is 20.1. The molecule has 1 aromatic carbocycles. The van der Waals surface area contributed by atoms with Crippen LogP contribution in [0.25, 0.3) is 0 Å². The lowest BCUT2D eigenvalue weighted by molar-refractivity contribution is 0.0995. The number of nitriles is 1. The highest BCUT2D eigenvalue weighted by molar-refractivity contribution is 5.90. The van der Waals surface area contributed by atoms with Gasteiger partial charge < -0.3 is 5.73 Å². The van der Waals surface area contributed by atoms with Crippen molar-refractivity contribution >= 4 is 11.6 Å². The number of nitrogens with zero attached hydrogens (tertiary/aromatic N) is 3. The van der Waals surface area contributed by atoms with Crippen molar-refractivity contribution in [3.05, 3.63) is 59.4 Å². The van der Waals surface area contributed by atoms with Gasteiger partial charge in [-0.15, -0.1) is 0 Å². The molecule has 28 heavy (non-hydrogen) atoms. The summed E-state index contributed by atoms with van der Waals surface area (Å²) >= 11 is 0. The number of hydrogen-bond donors (Lipinski definition) is 2. The maximum atomic E-state index is 10.5. The summed E-state index contributed by atoms with van der Waals surface area (Å²) in [4.78, 5) is 14.4. The van der Waals surface area contributed by atoms with Gasteiger partial charge in [-0.3, -0.25) is 15.1 Å². The molecule has 6 nitrogen and oxygen atoms in total. The van der Waals surface area contributed by atoms with E-state index in [1.54, 1.807) is 30.3 Å². The number of pyridine rings is 1. The predicted molar refractivity (Wildman–Crippen MR) is 109 cm³/mol. The van der Waals surface area contributed by atoms with Crippen LogP contribution in [0, 0.1) is 24.2 Å². The van der Waals surface area contributed by atoms with Gasteiger partial charge in [-0.25, -0.2) is 4.98 Å². The van der Waals surface area contributed by atoms with Crippen molar-refractivity contribution in [2.45, 2.75) is 45.4 Å². The third-order valence-corrected chi connectivity index (χ3v) is 4.89. The van der Waals surface area contributed by atoms with E-state index in [2.05, 4.69) is 11.1 Å². The van der Waals surface area contributed by atoms with E-state index in [4.69, 9.17) is 11.0 Å². The average Bonchev–Trinajstić information content (AvgIpc) is 2.73. The van der Waals surface area contributed by atoms with Crippen LogP contribution < -0.4 is 10.8 Å². The molecule has 1 saturated carbocycles. The number of amides is 1. The van der Waals surface area contributed by atoms with E-state index in [1.807, 2.05) is 19.1 Å². The Labute approximate surface area is 166 Å². The standard InChI is InChI=1S/C15H20N2O.C7H8N2O/c16-12-14-7-4-8-15(11-14)17(18)10-9-13-5-2-1-3-6-13;1-5-3-2-4-6(9-5)7(8)10/h4,7-8,11,13,18H,1-3,5-6,9-10H2;2-4H,1H3,(H2,8,10). The zero-order chi connectivity index (χ0) is 20.4. The number of anilines is 1. The molecule has 1 heterocycles. The second-order valence-electron chi connectivity index (χ2n) is 7.11. The Morgan fingerprint density at radius 2 is 1.96 bits per heavy atom. The van der Waals surface area contributed by atoms with Crippen LogP contribution in [0.2, 0.25) is 0 Å². The van der Waals surface area contributed by atoms with Crippen LogP contribution in [-0.4, -0.2) is 22.6 Å². The number of carbonyl (C=O) groups is 1. The monoisotopic (exact) mass is 380 g/mol. The van der Waals surface area contributed by atoms with E-state index >= 15 is 0 Å². The van der Waals surface area contributed by atoms with Crippen molar-refractivity contribution in [2.75, 3.05) is 11.6 Å². The minimum absolute atomic E-state index is 0.319. The number of hydrogen-bond acceptors (Lipinski definition) is 5. The van der Waals surface area contributed by atoms with Crippen molar-refractivity contribution in [3.8, 4) is 6.07 Å². The van der Waals surface area contributed by atoms with Gasteiger partial charge >= 0.3 is 0 Å². The molecule has 1 aliphatic rings. The summed E-state index contributed by atoms with van der Waals surface area (Å²) in [7, 11) is 0. The molecule has 0 unspecified atom stereocenters. The van der Waals surface area contributed by atoms with Gasteiger partial charge in [0.15, 0.2) is 0 Å². The molecule has 0 aliphatic heterocycles. The van der Waals surface area contributed by atoms with Crippen molar-refractivity contribution < 1.29 is 10.0 Å². The lowest BCUT2D eigenvalue weighted by atomic mass is 9.87. The molecule has 1 aliphatic carbocycles. The number of primary amides is 1. The first kappa shape index (κ1) is 21.4. The summed E-state index contributed by atoms with van der Waals surface area (Å²) in [5.41, 5.74) is 7.40. The lowest BCUT2D eigenvalue weighted by Crippen LogP contribution is -2.22. The largest absolute Gasteiger partial charge is 0.364 e. The first-order valence-electron chi connectivity index (χ1n) is 9.69. The molecular weight excluding hydrogens is 352 g/mol. The third-order valence-electron chi connectivity index (χ3n) is 4.89. The molecule has 148 valence electrons. The Morgan fingerprint density at radius 1 is 1.25 bits per heavy atom. The highest BCUT2D eigenvalue weighted by Gasteiger charge is 2.14. The normalized spacial score (nSPS) is 13.8. The van der Waals surface area contributed by atoms with E-state index in [-0.39, 0.29) is 0 Å². The molecule has 0 bridgehead atoms. The first-order valence-corrected chi connectivity index (χ1v) is 9.69. The minimum Gasteiger partial charge on any atom is -0.364 e. The number of aryl methyl sites for hydroxylation is 1. The van der Waals surface area contributed by atoms with E-state index in [0.717, 1.165) is 18.0 Å². The van der Waals surface area contributed by atoms with E-state index in [0.29, 0.717) is 23.5 Å². The topological polar surface area (TPSA) is 103 Å². The van der Waals surface area contributed by atoms with Crippen LogP contribution in [0.4, 0.5) is 5.69 Å². The van der Waals surface area contributed by atoms with Crippen LogP contribution in [-0.2, 0) is 0 Å². The molecule has 3 N–H and O–H groups in total. The van der Waals surface area contributed by atoms with Crippen LogP contribution in [0.5, 0.6) is 0 Å². The molecule has 0 radical (unpaired) electrons. The molecule has 2 aromatic rings. The summed E-state index contributed by atoms with van der Waals surface area (Å²) in [6.45, 7) is 2.46. The fourth-order valence-electron chi connectivity index (χ4n) is 3.33. The first-order chi connectivity index (χ1) is 13.5. The number of rotatable bonds is 5. The Balaban J connectivity index is 0.000000237. The van der Waals surface area contributed by atoms with Crippen molar-refractivity contribution in [3.63, 3.8) is 0 Å². The van der Waals surface area contributed by atoms with Crippen LogP contribution in [0.3, 0.4) is 0 Å². The number of benzene rings is 1. The quantitative estimate of drug-likeness (QED) is 0.756. The molecule has 1 aromatic heterocycles. The molecule has 0 saturated heterocycles. The van der Waals surface area contributed by atoms with Gasteiger partial charge in [0, 0.05) is 12.2 Å². The molecule has 1 fully saturated rings. The zero-order valence-corrected chi connectivity index (χ0v) is 16.3. The number of carbonyl (C=O) groups excluding carboxylic acids is 1. The Kier molecular flexibility index (Phi) is 8.44. The van der Waals surface area contributed by atoms with Gasteiger partial charge in [0.25, 0.3) is 5.91 Å². The highest BCUT2D eigenvalue weighted by atomic mass is 16.5. The fraction of sp³-hybridized carbons (Fsp3) is 0.409. The third kappa shape index (κ3) is 7.01. The highest BCUT2D eigenvalue weighted by Crippen LogP contribution is 2.27. The molecule has 0 spiro atoms. The maximum Gasteiger partial charge on any atom is 0.267 e. The van der Waals surface area contributed by atoms with Gasteiger partial charge in [-0.05, 0) is 49.6 Å². The summed E-state index contributed by atoms with van der Waals surface area (Å²) < 4.78 is 0. The molecule has 1 amide bonds. The summed E-state index contributed by atoms with van der Waals surface area (Å²) in [6, 6.07) is 14.4. The van der Waals surface area contributed by atoms with Gasteiger partial charge in [-0.2, -0.15) is 5.26 Å². The number of aromatic nitrogens is 1. The van der Waals surface area contributed by atoms with Gasteiger partial charge in [-0.1, -0.05) is 44.2 Å². The Hall–Kier alpha value is -2.91. The van der Waals surface area contributed by atoms with Crippen molar-refractivity contribution in [2.24, 2.45) is 11.7 Å². The van der Waals surface area contributed by atoms with Crippen LogP contribution in [0.15, 0.2) is 42.5 Å². The van der Waals surface area contributed by atoms with E-state index in [9.17, 15) is 10.0 Å². The molecule has 0 atom stereocenters. The van der Waals surface area contributed by atoms with Crippen molar-refractivity contribution in [1.82, 2.24) is 4.98 Å². The molecule has 3 rings (SSSR count). The van der Waals surface area contributed by atoms with Gasteiger partial charge in [0.05, 0.1) is 17.3 Å². The van der Waals surface area contributed by atoms with Crippen LogP contribution in [0.1, 0.15) is 60.3 Å². The summed E-state index contributed by atoms with van der Waals surface area (Å²) in [5.74, 6) is 0.274. The fourth-order valence-corrected chi connectivity index (χ4v) is 3.33. The Morgan fingerprint density at radius 3 is 2.57 bits per heavy atom. The van der Waals surface area contributed by atoms with E-state index < -0.39 is 5.91 Å². The van der Waals surface area contributed by atoms with Gasteiger partial charge in [0.1, 0.15) is 5.69 Å². The average molecular weight is 380 g/mol. The molecule has 6 heteroatoms. The minimum atomic E-state index is -0.483. The summed E-state index contributed by atoms with van der Waals surface area (Å²) in [6.07, 6.45) is 7.66. The van der Waals surface area contributed by atoms with Gasteiger partial charge in [0.2, 0.25) is 0 Å². The van der Waals surface area contributed by atoms with Crippen LogP contribution >= 0.6 is 0 Å². The lowest BCUT2D eigenvalue weighted by Gasteiger charge is -2.24. The SMILES string of the molecule is Cc1cccc(C(N)=O)n1.N#Cc1cccc(N(O)CCC2CCCCC2)c1. The zero-order valence-electron chi connectivity index (χ0n) is 16.3. The molecular formula is C22H28N4O2. The van der Waals surface area contributed by atoms with Crippen molar-refractivity contribution in [1.29, 1.82) is 5.26 Å². The number of hydroxylamine groups is 1. The predicted octanol–water partition coefficient (Wildman–Crippen LogP) is 4.21. The maximum absolute atomic E-state index is 10.5. The second-order valence-corrected chi connectivity index (χ2v) is 7.11.